The van der Waals surface area contributed by atoms with Gasteiger partial charge in [0.15, 0.2) is 23.4 Å². The number of imidazole rings is 1. The van der Waals surface area contributed by atoms with Gasteiger partial charge >= 0.3 is 0 Å². The lowest BCUT2D eigenvalue weighted by Crippen LogP contribution is -2.29. The summed E-state index contributed by atoms with van der Waals surface area (Å²) in [5.41, 5.74) is 9.26. The zero-order valence-electron chi connectivity index (χ0n) is 22.8. The van der Waals surface area contributed by atoms with Gasteiger partial charge in [-0.15, -0.1) is 5.10 Å². The second-order valence-corrected chi connectivity index (χ2v) is 10.1. The molecule has 0 fully saturated rings. The number of fused-ring (bicyclic) bond motifs is 1. The number of nitrogens with zero attached hydrogens (tertiary/aromatic N) is 7. The predicted molar refractivity (Wildman–Crippen MR) is 154 cm³/mol. The van der Waals surface area contributed by atoms with E-state index in [1.165, 1.54) is 0 Å². The van der Waals surface area contributed by atoms with Gasteiger partial charge < -0.3 is 9.77 Å². The normalized spacial score (nSPS) is 11.4. The van der Waals surface area contributed by atoms with Crippen molar-refractivity contribution in [3.63, 3.8) is 0 Å². The van der Waals surface area contributed by atoms with Gasteiger partial charge in [-0.2, -0.15) is 4.73 Å². The maximum Gasteiger partial charge on any atom is 0.189 e. The van der Waals surface area contributed by atoms with Crippen LogP contribution in [-0.2, 0) is 13.0 Å². The van der Waals surface area contributed by atoms with E-state index in [9.17, 15) is 5.21 Å². The Hall–Kier alpha value is -4.92. The topological polar surface area (TPSA) is 112 Å². The summed E-state index contributed by atoms with van der Waals surface area (Å²) < 4.78 is 3.13. The van der Waals surface area contributed by atoms with Crippen LogP contribution in [0.15, 0.2) is 72.9 Å². The first kappa shape index (κ1) is 25.4. The molecule has 40 heavy (non-hydrogen) atoms. The quantitative estimate of drug-likeness (QED) is 0.203. The highest BCUT2D eigenvalue weighted by atomic mass is 16.5. The van der Waals surface area contributed by atoms with Crippen molar-refractivity contribution in [1.82, 2.24) is 35.2 Å². The van der Waals surface area contributed by atoms with Crippen molar-refractivity contribution < 1.29 is 4.73 Å². The molecular formula is C31H30N8O. The van der Waals surface area contributed by atoms with Crippen molar-refractivity contribution >= 4 is 11.2 Å². The molecule has 0 aliphatic rings. The number of hydrogen-bond donors (Lipinski definition) is 1. The Morgan fingerprint density at radius 2 is 1.68 bits per heavy atom. The van der Waals surface area contributed by atoms with Crippen LogP contribution in [0.4, 0.5) is 0 Å². The molecule has 0 amide bonds. The van der Waals surface area contributed by atoms with E-state index in [-0.39, 0.29) is 0 Å². The highest BCUT2D eigenvalue weighted by Gasteiger charge is 2.17. The van der Waals surface area contributed by atoms with Crippen LogP contribution >= 0.6 is 0 Å². The van der Waals surface area contributed by atoms with Gasteiger partial charge in [-0.05, 0) is 52.6 Å². The van der Waals surface area contributed by atoms with Crippen molar-refractivity contribution in [2.24, 2.45) is 0 Å². The number of pyridine rings is 2. The third-order valence-corrected chi connectivity index (χ3v) is 7.30. The van der Waals surface area contributed by atoms with Gasteiger partial charge in [0.05, 0.1) is 6.54 Å². The smallest absolute Gasteiger partial charge is 0.189 e. The van der Waals surface area contributed by atoms with Crippen LogP contribution < -0.4 is 4.73 Å². The van der Waals surface area contributed by atoms with Gasteiger partial charge in [0.25, 0.3) is 0 Å². The zero-order chi connectivity index (χ0) is 27.6. The Morgan fingerprint density at radius 3 is 2.40 bits per heavy atom. The maximum atomic E-state index is 12.2. The van der Waals surface area contributed by atoms with Gasteiger partial charge in [-0.1, -0.05) is 61.9 Å². The molecule has 0 aliphatic carbocycles. The summed E-state index contributed by atoms with van der Waals surface area (Å²) >= 11 is 0. The van der Waals surface area contributed by atoms with Crippen LogP contribution in [0.1, 0.15) is 42.5 Å². The first-order valence-corrected chi connectivity index (χ1v) is 13.5. The van der Waals surface area contributed by atoms with Gasteiger partial charge in [0, 0.05) is 41.8 Å². The van der Waals surface area contributed by atoms with Crippen molar-refractivity contribution in [3.05, 3.63) is 101 Å². The molecule has 200 valence electrons. The minimum absolute atomic E-state index is 0.640. The number of unbranched alkanes of at least 4 members (excludes halogenated alkanes) is 1. The van der Waals surface area contributed by atoms with Crippen LogP contribution in [0, 0.1) is 19.1 Å². The molecule has 0 atom stereocenters. The summed E-state index contributed by atoms with van der Waals surface area (Å²) in [5.74, 6) is 1.66. The van der Waals surface area contributed by atoms with Crippen LogP contribution in [0.5, 0.6) is 0 Å². The van der Waals surface area contributed by atoms with E-state index in [4.69, 9.17) is 9.97 Å². The van der Waals surface area contributed by atoms with E-state index in [1.807, 2.05) is 37.3 Å². The highest BCUT2D eigenvalue weighted by Crippen LogP contribution is 2.31. The number of nitrogens with one attached hydrogen (secondary N) is 1. The average Bonchev–Trinajstić information content (AvgIpc) is 3.62. The number of benzene rings is 2. The van der Waals surface area contributed by atoms with E-state index in [0.29, 0.717) is 18.1 Å². The number of tetrazole rings is 1. The third-order valence-electron chi connectivity index (χ3n) is 7.30. The van der Waals surface area contributed by atoms with Crippen LogP contribution in [-0.4, -0.2) is 35.2 Å². The first-order chi connectivity index (χ1) is 19.5. The van der Waals surface area contributed by atoms with Gasteiger partial charge in [0.2, 0.25) is 0 Å². The molecule has 2 aromatic carbocycles. The minimum Gasteiger partial charge on any atom is -0.618 e. The lowest BCUT2D eigenvalue weighted by molar-refractivity contribution is -0.611. The molecule has 0 spiro atoms. The monoisotopic (exact) mass is 530 g/mol. The molecular weight excluding hydrogens is 500 g/mol. The lowest BCUT2D eigenvalue weighted by atomic mass is 9.98. The van der Waals surface area contributed by atoms with Crippen LogP contribution in [0.2, 0.25) is 0 Å². The van der Waals surface area contributed by atoms with Crippen molar-refractivity contribution in [2.45, 2.75) is 46.6 Å². The molecule has 0 unspecified atom stereocenters. The number of aromatic nitrogens is 8. The average molecular weight is 531 g/mol. The Morgan fingerprint density at radius 1 is 0.900 bits per heavy atom. The second kappa shape index (κ2) is 10.7. The molecule has 0 aliphatic heterocycles. The van der Waals surface area contributed by atoms with Crippen LogP contribution in [0.25, 0.3) is 44.8 Å². The molecule has 4 heterocycles. The van der Waals surface area contributed by atoms with E-state index in [1.54, 1.807) is 13.1 Å². The Kier molecular flexibility index (Phi) is 6.77. The Bertz CT molecular complexity index is 1790. The summed E-state index contributed by atoms with van der Waals surface area (Å²) in [6, 6.07) is 22.5. The molecule has 9 heteroatoms. The van der Waals surface area contributed by atoms with Crippen molar-refractivity contribution in [3.8, 4) is 33.6 Å². The van der Waals surface area contributed by atoms with E-state index in [0.717, 1.165) is 80.1 Å². The summed E-state index contributed by atoms with van der Waals surface area (Å²) in [6.45, 7) is 6.64. The molecule has 6 rings (SSSR count). The molecule has 0 saturated carbocycles. The molecule has 9 nitrogen and oxygen atoms in total. The fraction of sp³-hybridized carbons (Fsp3) is 0.226. The minimum atomic E-state index is 0.640. The molecule has 0 saturated heterocycles. The zero-order valence-corrected chi connectivity index (χ0v) is 22.8. The number of H-pyrrole nitrogens is 1. The van der Waals surface area contributed by atoms with Gasteiger partial charge in [0.1, 0.15) is 11.3 Å². The van der Waals surface area contributed by atoms with E-state index in [2.05, 4.69) is 68.5 Å². The van der Waals surface area contributed by atoms with Crippen molar-refractivity contribution in [1.29, 1.82) is 0 Å². The fourth-order valence-electron chi connectivity index (χ4n) is 5.07. The first-order valence-electron chi connectivity index (χ1n) is 13.5. The molecule has 0 radical (unpaired) electrons. The number of rotatable bonds is 8. The standard InChI is InChI=1S/C31H30N8O/c1-4-5-10-29-33-28-17-27(24-14-11-20(2)39(40)19-24)21(3)32-31(28)38(29)18-22-12-15-23(16-13-22)25-8-6-7-9-26(25)30-34-36-37-35-30/h6-9,11-17,19H,4-5,10,18H2,1-3H3,(H,34,35,36,37). The highest BCUT2D eigenvalue weighted by molar-refractivity contribution is 5.81. The number of aromatic amines is 1. The number of hydrogen-bond acceptors (Lipinski definition) is 6. The van der Waals surface area contributed by atoms with Crippen molar-refractivity contribution in [2.75, 3.05) is 0 Å². The SMILES string of the molecule is CCCCc1nc2cc(-c3ccc(C)[n+]([O-])c3)c(C)nc2n1Cc1ccc(-c2ccccc2-c2nnn[nH]2)cc1. The molecule has 1 N–H and O–H groups in total. The fourth-order valence-corrected chi connectivity index (χ4v) is 5.07. The molecule has 6 aromatic rings. The number of aryl methyl sites for hydroxylation is 3. The summed E-state index contributed by atoms with van der Waals surface area (Å²) in [7, 11) is 0. The van der Waals surface area contributed by atoms with E-state index < -0.39 is 0 Å². The summed E-state index contributed by atoms with van der Waals surface area (Å²) in [4.78, 5) is 10.0. The predicted octanol–water partition coefficient (Wildman–Crippen LogP) is 5.59. The van der Waals surface area contributed by atoms with Crippen LogP contribution in [0.3, 0.4) is 0 Å². The third kappa shape index (κ3) is 4.82. The Labute approximate surface area is 232 Å². The van der Waals surface area contributed by atoms with Gasteiger partial charge in [-0.3, -0.25) is 0 Å². The van der Waals surface area contributed by atoms with Gasteiger partial charge in [-0.25, -0.2) is 15.1 Å². The summed E-state index contributed by atoms with van der Waals surface area (Å²) in [5, 5.41) is 26.6. The second-order valence-electron chi connectivity index (χ2n) is 10.1. The summed E-state index contributed by atoms with van der Waals surface area (Å²) in [6.07, 6.45) is 4.62. The molecule has 0 bridgehead atoms. The lowest BCUT2D eigenvalue weighted by Gasteiger charge is -2.12. The van der Waals surface area contributed by atoms with E-state index >= 15 is 0 Å². The molecule has 4 aromatic heterocycles. The Balaban J connectivity index is 1.36. The largest absolute Gasteiger partial charge is 0.618 e. The maximum absolute atomic E-state index is 12.2.